The van der Waals surface area contributed by atoms with Crippen LogP contribution in [-0.4, -0.2) is 23.7 Å². The number of aliphatic hydroxyl groups is 1. The molecule has 20 heavy (non-hydrogen) atoms. The molecule has 1 aliphatic rings. The zero-order valence-electron chi connectivity index (χ0n) is 11.8. The smallest absolute Gasteiger partial charge is 0.227 e. The Morgan fingerprint density at radius 1 is 1.50 bits per heavy atom. The van der Waals surface area contributed by atoms with Crippen LogP contribution in [0.1, 0.15) is 44.1 Å². The molecular formula is C16H22FNO2. The van der Waals surface area contributed by atoms with Crippen LogP contribution in [0.5, 0.6) is 0 Å². The van der Waals surface area contributed by atoms with Crippen LogP contribution < -0.4 is 5.32 Å². The number of aliphatic hydroxyl groups excluding tert-OH is 1. The molecule has 3 unspecified atom stereocenters. The summed E-state index contributed by atoms with van der Waals surface area (Å²) in [6.45, 7) is 2.37. The Kier molecular flexibility index (Phi) is 5.12. The highest BCUT2D eigenvalue weighted by Gasteiger charge is 2.22. The largest absolute Gasteiger partial charge is 0.393 e. The van der Waals surface area contributed by atoms with E-state index in [2.05, 4.69) is 5.32 Å². The maximum absolute atomic E-state index is 13.2. The van der Waals surface area contributed by atoms with Gasteiger partial charge in [-0.3, -0.25) is 4.79 Å². The molecule has 1 aromatic carbocycles. The Morgan fingerprint density at radius 2 is 2.30 bits per heavy atom. The summed E-state index contributed by atoms with van der Waals surface area (Å²) in [4.78, 5) is 12.1. The van der Waals surface area contributed by atoms with E-state index in [4.69, 9.17) is 0 Å². The van der Waals surface area contributed by atoms with Crippen molar-refractivity contribution < 1.29 is 14.3 Å². The Morgan fingerprint density at radius 3 is 3.00 bits per heavy atom. The minimum Gasteiger partial charge on any atom is -0.393 e. The Labute approximate surface area is 119 Å². The molecule has 1 fully saturated rings. The summed E-state index contributed by atoms with van der Waals surface area (Å²) in [5.41, 5.74) is 0.686. The molecule has 2 rings (SSSR count). The minimum absolute atomic E-state index is 0.0873. The molecule has 0 spiro atoms. The molecule has 110 valence electrons. The monoisotopic (exact) mass is 279 g/mol. The minimum atomic E-state index is -0.362. The number of rotatable bonds is 4. The van der Waals surface area contributed by atoms with E-state index in [9.17, 15) is 14.3 Å². The van der Waals surface area contributed by atoms with Gasteiger partial charge in [-0.2, -0.15) is 0 Å². The van der Waals surface area contributed by atoms with Crippen molar-refractivity contribution in [1.82, 2.24) is 5.32 Å². The normalized spacial score (nSPS) is 24.1. The number of benzene rings is 1. The van der Waals surface area contributed by atoms with Crippen LogP contribution in [0.4, 0.5) is 4.39 Å². The van der Waals surface area contributed by atoms with Crippen molar-refractivity contribution in [2.24, 2.45) is 5.92 Å². The molecule has 4 heteroatoms. The first-order valence-corrected chi connectivity index (χ1v) is 7.27. The average Bonchev–Trinajstić information content (AvgIpc) is 2.44. The number of carbonyl (C=O) groups excluding carboxylic acids is 1. The predicted molar refractivity (Wildman–Crippen MR) is 75.8 cm³/mol. The first kappa shape index (κ1) is 15.0. The molecule has 1 aromatic rings. The number of halogens is 1. The van der Waals surface area contributed by atoms with E-state index >= 15 is 0 Å². The molecule has 0 saturated heterocycles. The van der Waals surface area contributed by atoms with Crippen molar-refractivity contribution >= 4 is 5.91 Å². The van der Waals surface area contributed by atoms with E-state index in [0.29, 0.717) is 18.0 Å². The first-order chi connectivity index (χ1) is 9.56. The van der Waals surface area contributed by atoms with Crippen LogP contribution >= 0.6 is 0 Å². The maximum Gasteiger partial charge on any atom is 0.227 e. The molecule has 3 nitrogen and oxygen atoms in total. The number of hydrogen-bond acceptors (Lipinski definition) is 2. The van der Waals surface area contributed by atoms with Gasteiger partial charge in [0.2, 0.25) is 5.91 Å². The fourth-order valence-electron chi connectivity index (χ4n) is 2.77. The van der Waals surface area contributed by atoms with Crippen LogP contribution in [0.25, 0.3) is 0 Å². The van der Waals surface area contributed by atoms with Crippen molar-refractivity contribution in [3.05, 3.63) is 35.6 Å². The van der Waals surface area contributed by atoms with Gasteiger partial charge in [-0.15, -0.1) is 0 Å². The zero-order chi connectivity index (χ0) is 14.5. The third-order valence-electron chi connectivity index (χ3n) is 4.06. The number of carbonyl (C=O) groups is 1. The summed E-state index contributed by atoms with van der Waals surface area (Å²) in [5, 5.41) is 12.5. The van der Waals surface area contributed by atoms with E-state index in [1.165, 1.54) is 12.1 Å². The molecule has 0 aromatic heterocycles. The van der Waals surface area contributed by atoms with Gasteiger partial charge < -0.3 is 10.4 Å². The predicted octanol–water partition coefficient (Wildman–Crippen LogP) is 2.60. The SMILES string of the molecule is CC(C(=O)NCC1CCCC(O)C1)c1cccc(F)c1. The summed E-state index contributed by atoms with van der Waals surface area (Å²) < 4.78 is 13.2. The van der Waals surface area contributed by atoms with E-state index < -0.39 is 0 Å². The van der Waals surface area contributed by atoms with Gasteiger partial charge in [-0.25, -0.2) is 4.39 Å². The van der Waals surface area contributed by atoms with Gasteiger partial charge in [0.15, 0.2) is 0 Å². The quantitative estimate of drug-likeness (QED) is 0.890. The lowest BCUT2D eigenvalue weighted by Gasteiger charge is -2.26. The highest BCUT2D eigenvalue weighted by molar-refractivity contribution is 5.83. The van der Waals surface area contributed by atoms with E-state index in [0.717, 1.165) is 25.7 Å². The Balaban J connectivity index is 1.85. The van der Waals surface area contributed by atoms with Gasteiger partial charge >= 0.3 is 0 Å². The summed E-state index contributed by atoms with van der Waals surface area (Å²) in [6.07, 6.45) is 3.46. The van der Waals surface area contributed by atoms with Crippen LogP contribution in [0.2, 0.25) is 0 Å². The van der Waals surface area contributed by atoms with E-state index in [-0.39, 0.29) is 23.7 Å². The van der Waals surface area contributed by atoms with Crippen molar-refractivity contribution in [2.45, 2.75) is 44.6 Å². The van der Waals surface area contributed by atoms with Crippen LogP contribution in [0.15, 0.2) is 24.3 Å². The maximum atomic E-state index is 13.2. The fourth-order valence-corrected chi connectivity index (χ4v) is 2.77. The lowest BCUT2D eigenvalue weighted by molar-refractivity contribution is -0.122. The van der Waals surface area contributed by atoms with E-state index in [1.807, 2.05) is 0 Å². The summed E-state index contributed by atoms with van der Waals surface area (Å²) in [5.74, 6) is -0.421. The van der Waals surface area contributed by atoms with Crippen molar-refractivity contribution in [1.29, 1.82) is 0 Å². The number of nitrogens with one attached hydrogen (secondary N) is 1. The molecule has 0 heterocycles. The van der Waals surface area contributed by atoms with Crippen molar-refractivity contribution in [3.8, 4) is 0 Å². The molecule has 1 amide bonds. The fraction of sp³-hybridized carbons (Fsp3) is 0.562. The molecule has 1 saturated carbocycles. The second-order valence-corrected chi connectivity index (χ2v) is 5.71. The highest BCUT2D eigenvalue weighted by atomic mass is 19.1. The van der Waals surface area contributed by atoms with Crippen molar-refractivity contribution in [3.63, 3.8) is 0 Å². The molecule has 0 bridgehead atoms. The molecule has 0 radical (unpaired) electrons. The third-order valence-corrected chi connectivity index (χ3v) is 4.06. The van der Waals surface area contributed by atoms with E-state index in [1.54, 1.807) is 19.1 Å². The molecular weight excluding hydrogens is 257 g/mol. The average molecular weight is 279 g/mol. The standard InChI is InChI=1S/C16H22FNO2/c1-11(13-5-3-6-14(17)9-13)16(20)18-10-12-4-2-7-15(19)8-12/h3,5-6,9,11-12,15,19H,2,4,7-8,10H2,1H3,(H,18,20). The topological polar surface area (TPSA) is 49.3 Å². The second kappa shape index (κ2) is 6.84. The van der Waals surface area contributed by atoms with Gasteiger partial charge in [-0.1, -0.05) is 18.6 Å². The first-order valence-electron chi connectivity index (χ1n) is 7.27. The Bertz CT molecular complexity index is 464. The van der Waals surface area contributed by atoms with Crippen LogP contribution in [-0.2, 0) is 4.79 Å². The number of hydrogen-bond donors (Lipinski definition) is 2. The lowest BCUT2D eigenvalue weighted by atomic mass is 9.87. The van der Waals surface area contributed by atoms with Gasteiger partial charge in [-0.05, 0) is 49.8 Å². The second-order valence-electron chi connectivity index (χ2n) is 5.71. The summed E-state index contributed by atoms with van der Waals surface area (Å²) in [7, 11) is 0. The summed E-state index contributed by atoms with van der Waals surface area (Å²) >= 11 is 0. The highest BCUT2D eigenvalue weighted by Crippen LogP contribution is 2.24. The van der Waals surface area contributed by atoms with Gasteiger partial charge in [0.05, 0.1) is 12.0 Å². The lowest BCUT2D eigenvalue weighted by Crippen LogP contribution is -2.35. The van der Waals surface area contributed by atoms with Gasteiger partial charge in [0.25, 0.3) is 0 Å². The van der Waals surface area contributed by atoms with Crippen LogP contribution in [0, 0.1) is 11.7 Å². The summed E-state index contributed by atoms with van der Waals surface area (Å²) in [6, 6.07) is 6.15. The van der Waals surface area contributed by atoms with Gasteiger partial charge in [0, 0.05) is 6.54 Å². The zero-order valence-corrected chi connectivity index (χ0v) is 11.8. The molecule has 3 atom stereocenters. The third kappa shape index (κ3) is 4.04. The van der Waals surface area contributed by atoms with Crippen LogP contribution in [0.3, 0.4) is 0 Å². The molecule has 2 N–H and O–H groups in total. The Hall–Kier alpha value is -1.42. The molecule has 1 aliphatic carbocycles. The van der Waals surface area contributed by atoms with Gasteiger partial charge in [0.1, 0.15) is 5.82 Å². The number of amides is 1. The molecule has 0 aliphatic heterocycles. The van der Waals surface area contributed by atoms with Crippen molar-refractivity contribution in [2.75, 3.05) is 6.54 Å².